The fraction of sp³-hybridized carbons (Fsp3) is 0.583. The van der Waals surface area contributed by atoms with E-state index in [1.54, 1.807) is 0 Å². The van der Waals surface area contributed by atoms with E-state index >= 15 is 0 Å². The largest absolute Gasteiger partial charge is 0.481 e. The normalized spacial score (nSPS) is 9.53. The zero-order valence-corrected chi connectivity index (χ0v) is 11.1. The molecule has 0 atom stereocenters. The minimum Gasteiger partial charge on any atom is -0.481 e. The Labute approximate surface area is 110 Å². The molecule has 0 saturated carbocycles. The Morgan fingerprint density at radius 1 is 1.26 bits per heavy atom. The summed E-state index contributed by atoms with van der Waals surface area (Å²) in [5, 5.41) is 8.27. The second-order valence-corrected chi connectivity index (χ2v) is 4.09. The number of rotatable bonds is 6. The van der Waals surface area contributed by atoms with Crippen molar-refractivity contribution >= 4 is 11.7 Å². The lowest BCUT2D eigenvalue weighted by Gasteiger charge is -1.95. The summed E-state index contributed by atoms with van der Waals surface area (Å²) in [6.45, 7) is 2.15. The number of H-pyrrole nitrogens is 2. The van der Waals surface area contributed by atoms with Crippen LogP contribution in [-0.4, -0.2) is 21.0 Å². The first-order valence-corrected chi connectivity index (χ1v) is 6.26. The number of unbranched alkanes of at least 4 members (excludes halogenated alkanes) is 4. The molecular formula is C12H21N3O4. The van der Waals surface area contributed by atoms with Crippen LogP contribution in [-0.2, 0) is 4.79 Å². The SMILES string of the molecule is CCCCCCCC(=O)O.Nc1c[nH]c(=O)[nH]c1=O. The second kappa shape index (κ2) is 9.93. The van der Waals surface area contributed by atoms with E-state index in [2.05, 4.69) is 11.9 Å². The molecule has 108 valence electrons. The summed E-state index contributed by atoms with van der Waals surface area (Å²) >= 11 is 0. The van der Waals surface area contributed by atoms with Gasteiger partial charge in [-0.15, -0.1) is 0 Å². The van der Waals surface area contributed by atoms with Crippen molar-refractivity contribution in [2.24, 2.45) is 0 Å². The molecule has 0 aromatic carbocycles. The minimum atomic E-state index is -0.670. The van der Waals surface area contributed by atoms with Gasteiger partial charge in [0.1, 0.15) is 5.69 Å². The molecule has 1 heterocycles. The van der Waals surface area contributed by atoms with Crippen LogP contribution in [0.4, 0.5) is 5.69 Å². The van der Waals surface area contributed by atoms with E-state index in [-0.39, 0.29) is 5.69 Å². The second-order valence-electron chi connectivity index (χ2n) is 4.09. The summed E-state index contributed by atoms with van der Waals surface area (Å²) in [6, 6.07) is 0. The van der Waals surface area contributed by atoms with E-state index < -0.39 is 17.2 Å². The van der Waals surface area contributed by atoms with Crippen LogP contribution in [0.2, 0.25) is 0 Å². The highest BCUT2D eigenvalue weighted by atomic mass is 16.4. The van der Waals surface area contributed by atoms with Gasteiger partial charge in [0.15, 0.2) is 0 Å². The maximum absolute atomic E-state index is 10.4. The number of carboxylic acids is 1. The van der Waals surface area contributed by atoms with Gasteiger partial charge in [0.25, 0.3) is 5.56 Å². The first-order chi connectivity index (χ1) is 8.97. The lowest BCUT2D eigenvalue weighted by Crippen LogP contribution is -2.23. The minimum absolute atomic E-state index is 0.00889. The quantitative estimate of drug-likeness (QED) is 0.575. The topological polar surface area (TPSA) is 129 Å². The van der Waals surface area contributed by atoms with Crippen LogP contribution in [0, 0.1) is 0 Å². The van der Waals surface area contributed by atoms with Gasteiger partial charge in [-0.25, -0.2) is 4.79 Å². The number of nitrogens with two attached hydrogens (primary N) is 1. The van der Waals surface area contributed by atoms with Crippen LogP contribution in [0.5, 0.6) is 0 Å². The third-order valence-electron chi connectivity index (χ3n) is 2.34. The summed E-state index contributed by atoms with van der Waals surface area (Å²) in [5.41, 5.74) is 3.98. The summed E-state index contributed by atoms with van der Waals surface area (Å²) in [4.78, 5) is 34.9. The van der Waals surface area contributed by atoms with Gasteiger partial charge in [-0.1, -0.05) is 32.6 Å². The van der Waals surface area contributed by atoms with Crippen LogP contribution in [0.1, 0.15) is 45.4 Å². The molecule has 0 aliphatic heterocycles. The van der Waals surface area contributed by atoms with Gasteiger partial charge in [0.05, 0.1) is 0 Å². The fourth-order valence-electron chi connectivity index (χ4n) is 1.30. The summed E-state index contributed by atoms with van der Waals surface area (Å²) in [5.74, 6) is -0.670. The molecule has 0 fully saturated rings. The Kier molecular flexibility index (Phi) is 8.86. The van der Waals surface area contributed by atoms with Crippen LogP contribution in [0.3, 0.4) is 0 Å². The molecule has 0 unspecified atom stereocenters. The van der Waals surface area contributed by atoms with Gasteiger partial charge < -0.3 is 15.8 Å². The van der Waals surface area contributed by atoms with Crippen LogP contribution in [0.15, 0.2) is 15.8 Å². The predicted molar refractivity (Wildman–Crippen MR) is 73.1 cm³/mol. The highest BCUT2D eigenvalue weighted by Crippen LogP contribution is 2.04. The van der Waals surface area contributed by atoms with Crippen molar-refractivity contribution in [1.29, 1.82) is 0 Å². The number of aromatic amines is 2. The average molecular weight is 271 g/mol. The number of hydrogen-bond acceptors (Lipinski definition) is 4. The standard InChI is InChI=1S/C8H16O2.C4H5N3O2/c1-2-3-4-5-6-7-8(9)10;5-2-1-6-4(9)7-3(2)8/h2-7H2,1H3,(H,9,10);1H,5H2,(H2,6,7,8,9). The van der Waals surface area contributed by atoms with Gasteiger partial charge in [0, 0.05) is 12.6 Å². The molecule has 1 aromatic rings. The summed E-state index contributed by atoms with van der Waals surface area (Å²) in [6.07, 6.45) is 7.04. The molecule has 1 rings (SSSR count). The molecule has 0 aliphatic carbocycles. The molecule has 0 saturated heterocycles. The Morgan fingerprint density at radius 3 is 2.37 bits per heavy atom. The smallest absolute Gasteiger partial charge is 0.325 e. The number of nitrogen functional groups attached to an aromatic ring is 1. The van der Waals surface area contributed by atoms with Crippen molar-refractivity contribution in [3.63, 3.8) is 0 Å². The monoisotopic (exact) mass is 271 g/mol. The Bertz CT molecular complexity index is 478. The Hall–Kier alpha value is -2.05. The van der Waals surface area contributed by atoms with Gasteiger partial charge in [0.2, 0.25) is 0 Å². The molecule has 0 bridgehead atoms. The van der Waals surface area contributed by atoms with Crippen molar-refractivity contribution < 1.29 is 9.90 Å². The lowest BCUT2D eigenvalue weighted by atomic mass is 10.1. The molecule has 7 nitrogen and oxygen atoms in total. The molecule has 7 heteroatoms. The Morgan fingerprint density at radius 2 is 1.89 bits per heavy atom. The van der Waals surface area contributed by atoms with Crippen molar-refractivity contribution in [2.45, 2.75) is 45.4 Å². The number of anilines is 1. The molecule has 0 spiro atoms. The van der Waals surface area contributed by atoms with Gasteiger partial charge in [-0.05, 0) is 6.42 Å². The molecule has 0 amide bonds. The molecule has 19 heavy (non-hydrogen) atoms. The van der Waals surface area contributed by atoms with E-state index in [0.29, 0.717) is 6.42 Å². The number of hydrogen-bond donors (Lipinski definition) is 4. The van der Waals surface area contributed by atoms with Crippen molar-refractivity contribution in [3.8, 4) is 0 Å². The highest BCUT2D eigenvalue weighted by Gasteiger charge is 1.94. The number of aliphatic carboxylic acids is 1. The molecule has 0 radical (unpaired) electrons. The lowest BCUT2D eigenvalue weighted by molar-refractivity contribution is -0.137. The number of aromatic nitrogens is 2. The number of carbonyl (C=O) groups is 1. The van der Waals surface area contributed by atoms with Gasteiger partial charge in [-0.3, -0.25) is 14.6 Å². The van der Waals surface area contributed by atoms with E-state index in [9.17, 15) is 14.4 Å². The Balaban J connectivity index is 0.000000342. The van der Waals surface area contributed by atoms with Crippen LogP contribution < -0.4 is 17.0 Å². The number of nitrogens with one attached hydrogen (secondary N) is 2. The summed E-state index contributed by atoms with van der Waals surface area (Å²) in [7, 11) is 0. The van der Waals surface area contributed by atoms with Crippen molar-refractivity contribution in [3.05, 3.63) is 27.0 Å². The van der Waals surface area contributed by atoms with Crippen LogP contribution in [0.25, 0.3) is 0 Å². The average Bonchev–Trinajstić information content (AvgIpc) is 2.34. The van der Waals surface area contributed by atoms with E-state index in [1.165, 1.54) is 19.3 Å². The zero-order chi connectivity index (χ0) is 14.7. The van der Waals surface area contributed by atoms with Crippen molar-refractivity contribution in [2.75, 3.05) is 5.73 Å². The maximum atomic E-state index is 10.4. The third kappa shape index (κ3) is 9.63. The molecule has 1 aromatic heterocycles. The first kappa shape index (κ1) is 16.9. The highest BCUT2D eigenvalue weighted by molar-refractivity contribution is 5.66. The maximum Gasteiger partial charge on any atom is 0.325 e. The molecular weight excluding hydrogens is 250 g/mol. The van der Waals surface area contributed by atoms with Crippen molar-refractivity contribution in [1.82, 2.24) is 9.97 Å². The predicted octanol–water partition coefficient (Wildman–Crippen LogP) is 1.08. The van der Waals surface area contributed by atoms with Crippen LogP contribution >= 0.6 is 0 Å². The van der Waals surface area contributed by atoms with Gasteiger partial charge >= 0.3 is 11.7 Å². The number of carboxylic acid groups (broad SMARTS) is 1. The zero-order valence-electron chi connectivity index (χ0n) is 11.1. The third-order valence-corrected chi connectivity index (χ3v) is 2.34. The van der Waals surface area contributed by atoms with E-state index in [4.69, 9.17) is 10.8 Å². The first-order valence-electron chi connectivity index (χ1n) is 6.26. The van der Waals surface area contributed by atoms with E-state index in [0.717, 1.165) is 19.0 Å². The van der Waals surface area contributed by atoms with E-state index in [1.807, 2.05) is 4.98 Å². The molecule has 0 aliphatic rings. The van der Waals surface area contributed by atoms with Gasteiger partial charge in [-0.2, -0.15) is 0 Å². The fourth-order valence-corrected chi connectivity index (χ4v) is 1.30. The molecule has 5 N–H and O–H groups in total. The summed E-state index contributed by atoms with van der Waals surface area (Å²) < 4.78 is 0.